The van der Waals surface area contributed by atoms with Gasteiger partial charge in [0.2, 0.25) is 10.9 Å². The number of nitrogens with zero attached hydrogens (tertiary/aromatic N) is 10. The second-order valence-corrected chi connectivity index (χ2v) is 13.0. The Balaban J connectivity index is 0.000000162. The summed E-state index contributed by atoms with van der Waals surface area (Å²) in [6, 6.07) is 23.5. The van der Waals surface area contributed by atoms with Gasteiger partial charge in [0.05, 0.1) is 35.8 Å². The molecule has 0 N–H and O–H groups in total. The fourth-order valence-corrected chi connectivity index (χ4v) is 6.13. The third kappa shape index (κ3) is 7.60. The molecule has 8 aromatic rings. The van der Waals surface area contributed by atoms with E-state index in [0.29, 0.717) is 24.2 Å². The summed E-state index contributed by atoms with van der Waals surface area (Å²) in [4.78, 5) is 33.3. The van der Waals surface area contributed by atoms with Gasteiger partial charge < -0.3 is 0 Å². The van der Waals surface area contributed by atoms with Crippen LogP contribution >= 0.6 is 0 Å². The highest BCUT2D eigenvalue weighted by molar-refractivity contribution is 5.79. The molecular weight excluding hydrogens is 653 g/mol. The number of benzene rings is 2. The van der Waals surface area contributed by atoms with Crippen molar-refractivity contribution in [3.05, 3.63) is 165 Å². The second kappa shape index (κ2) is 14.7. The fourth-order valence-electron chi connectivity index (χ4n) is 6.13. The third-order valence-corrected chi connectivity index (χ3v) is 9.06. The Morgan fingerprint density at radius 1 is 0.596 bits per heavy atom. The van der Waals surface area contributed by atoms with Gasteiger partial charge in [0.1, 0.15) is 22.8 Å². The molecule has 0 bridgehead atoms. The van der Waals surface area contributed by atoms with Crippen molar-refractivity contribution in [2.45, 2.75) is 38.5 Å². The molecule has 2 atom stereocenters. The summed E-state index contributed by atoms with van der Waals surface area (Å²) >= 11 is 0. The standard InChI is InChI=1S/2C20H19N5O/c2*1-14(15-5-6-18-16(11-15)4-3-8-21-18)10-19-20(26)7-9-25(23-19)17-12-22-24(2)13-17/h2*3-9,11-14H,10H2,1-2H3. The number of pyridine rings is 2. The van der Waals surface area contributed by atoms with Crippen molar-refractivity contribution < 1.29 is 0 Å². The number of aromatic nitrogens is 10. The highest BCUT2D eigenvalue weighted by Crippen LogP contribution is 2.24. The Kier molecular flexibility index (Phi) is 9.61. The lowest BCUT2D eigenvalue weighted by Gasteiger charge is -2.13. The number of hydrogen-bond acceptors (Lipinski definition) is 8. The Morgan fingerprint density at radius 3 is 1.44 bits per heavy atom. The van der Waals surface area contributed by atoms with Crippen LogP contribution in [0.4, 0.5) is 0 Å². The van der Waals surface area contributed by atoms with Gasteiger partial charge in [0, 0.05) is 74.6 Å². The van der Waals surface area contributed by atoms with Gasteiger partial charge in [-0.1, -0.05) is 38.1 Å². The molecule has 0 radical (unpaired) electrons. The molecule has 8 rings (SSSR count). The summed E-state index contributed by atoms with van der Waals surface area (Å²) in [5.74, 6) is 0.342. The number of rotatable bonds is 8. The van der Waals surface area contributed by atoms with E-state index in [1.807, 2.05) is 50.8 Å². The Labute approximate surface area is 299 Å². The van der Waals surface area contributed by atoms with Gasteiger partial charge in [0.25, 0.3) is 0 Å². The van der Waals surface area contributed by atoms with Gasteiger partial charge in [-0.2, -0.15) is 20.4 Å². The molecule has 12 nitrogen and oxygen atoms in total. The van der Waals surface area contributed by atoms with E-state index in [0.717, 1.165) is 33.2 Å². The molecule has 0 aliphatic rings. The van der Waals surface area contributed by atoms with E-state index >= 15 is 0 Å². The minimum Gasteiger partial charge on any atom is -0.288 e. The topological polar surface area (TPSA) is 131 Å². The first-order valence-corrected chi connectivity index (χ1v) is 17.1. The summed E-state index contributed by atoms with van der Waals surface area (Å²) in [6.07, 6.45) is 15.3. The largest absolute Gasteiger partial charge is 0.288 e. The summed E-state index contributed by atoms with van der Waals surface area (Å²) in [7, 11) is 3.70. The highest BCUT2D eigenvalue weighted by atomic mass is 16.1. The normalized spacial score (nSPS) is 12.4. The maximum atomic E-state index is 12.3. The molecule has 0 spiro atoms. The van der Waals surface area contributed by atoms with E-state index < -0.39 is 0 Å². The fraction of sp³-hybridized carbons (Fsp3) is 0.200. The van der Waals surface area contributed by atoms with Crippen molar-refractivity contribution in [1.29, 1.82) is 0 Å². The first-order chi connectivity index (χ1) is 25.2. The monoisotopic (exact) mass is 690 g/mol. The number of fused-ring (bicyclic) bond motifs is 2. The van der Waals surface area contributed by atoms with Crippen LogP contribution in [0, 0.1) is 0 Å². The molecular formula is C40H38N10O2. The minimum atomic E-state index is -0.0422. The molecule has 2 unspecified atom stereocenters. The molecule has 52 heavy (non-hydrogen) atoms. The van der Waals surface area contributed by atoms with Crippen molar-refractivity contribution in [1.82, 2.24) is 49.1 Å². The molecule has 0 aliphatic heterocycles. The van der Waals surface area contributed by atoms with Crippen molar-refractivity contribution in [2.75, 3.05) is 0 Å². The average Bonchev–Trinajstić information content (AvgIpc) is 3.81. The second-order valence-electron chi connectivity index (χ2n) is 13.0. The van der Waals surface area contributed by atoms with Gasteiger partial charge in [-0.25, -0.2) is 9.36 Å². The Bertz CT molecular complexity index is 2440. The molecule has 6 heterocycles. The zero-order valence-electron chi connectivity index (χ0n) is 29.4. The van der Waals surface area contributed by atoms with Gasteiger partial charge in [-0.15, -0.1) is 0 Å². The molecule has 0 fully saturated rings. The minimum absolute atomic E-state index is 0.0422. The van der Waals surface area contributed by atoms with E-state index in [-0.39, 0.29) is 22.7 Å². The molecule has 0 aliphatic carbocycles. The number of aryl methyl sites for hydroxylation is 2. The SMILES string of the molecule is CC(Cc1nn(-c2cnn(C)c2)ccc1=O)c1ccc2ncccc2c1.CC(Cc1nn(-c2cnn(C)c2)ccc1=O)c1ccc2ncccc2c1. The van der Waals surface area contributed by atoms with Crippen molar-refractivity contribution in [3.8, 4) is 11.4 Å². The summed E-state index contributed by atoms with van der Waals surface area (Å²) in [6.45, 7) is 4.22. The van der Waals surface area contributed by atoms with Crippen LogP contribution in [-0.2, 0) is 26.9 Å². The molecule has 6 aromatic heterocycles. The van der Waals surface area contributed by atoms with E-state index in [9.17, 15) is 9.59 Å². The summed E-state index contributed by atoms with van der Waals surface area (Å²) < 4.78 is 6.81. The predicted molar refractivity (Wildman–Crippen MR) is 201 cm³/mol. The van der Waals surface area contributed by atoms with Crippen molar-refractivity contribution in [3.63, 3.8) is 0 Å². The van der Waals surface area contributed by atoms with Crippen LogP contribution in [0.5, 0.6) is 0 Å². The molecule has 0 saturated carbocycles. The van der Waals surface area contributed by atoms with E-state index in [1.54, 1.807) is 68.0 Å². The molecule has 12 heteroatoms. The van der Waals surface area contributed by atoms with Gasteiger partial charge >= 0.3 is 0 Å². The van der Waals surface area contributed by atoms with Crippen LogP contribution in [0.2, 0.25) is 0 Å². The first-order valence-electron chi connectivity index (χ1n) is 17.1. The lowest BCUT2D eigenvalue weighted by Crippen LogP contribution is -2.17. The van der Waals surface area contributed by atoms with Crippen molar-refractivity contribution in [2.24, 2.45) is 14.1 Å². The first kappa shape index (κ1) is 33.9. The zero-order chi connectivity index (χ0) is 36.2. The van der Waals surface area contributed by atoms with Gasteiger partial charge in [-0.05, 0) is 59.4 Å². The predicted octanol–water partition coefficient (Wildman–Crippen LogP) is 5.72. The molecule has 0 saturated heterocycles. The maximum Gasteiger partial charge on any atom is 0.203 e. The quantitative estimate of drug-likeness (QED) is 0.198. The smallest absolute Gasteiger partial charge is 0.203 e. The van der Waals surface area contributed by atoms with Crippen LogP contribution in [0.1, 0.15) is 48.2 Å². The van der Waals surface area contributed by atoms with E-state index in [4.69, 9.17) is 0 Å². The molecule has 2 aromatic carbocycles. The van der Waals surface area contributed by atoms with Crippen LogP contribution < -0.4 is 10.9 Å². The van der Waals surface area contributed by atoms with Crippen LogP contribution in [-0.4, -0.2) is 49.1 Å². The van der Waals surface area contributed by atoms with Crippen LogP contribution in [0.15, 0.2) is 132 Å². The zero-order valence-corrected chi connectivity index (χ0v) is 29.4. The highest BCUT2D eigenvalue weighted by Gasteiger charge is 2.14. The van der Waals surface area contributed by atoms with E-state index in [1.165, 1.54) is 11.1 Å². The lowest BCUT2D eigenvalue weighted by molar-refractivity contribution is 0.693. The van der Waals surface area contributed by atoms with E-state index in [2.05, 4.69) is 80.6 Å². The maximum absolute atomic E-state index is 12.3. The summed E-state index contributed by atoms with van der Waals surface area (Å²) in [5, 5.41) is 19.6. The van der Waals surface area contributed by atoms with Crippen LogP contribution in [0.25, 0.3) is 33.2 Å². The summed E-state index contributed by atoms with van der Waals surface area (Å²) in [5.41, 5.74) is 6.97. The Morgan fingerprint density at radius 2 is 1.04 bits per heavy atom. The molecule has 0 amide bonds. The Hall–Kier alpha value is -6.56. The third-order valence-electron chi connectivity index (χ3n) is 9.06. The van der Waals surface area contributed by atoms with Crippen molar-refractivity contribution >= 4 is 21.8 Å². The number of hydrogen-bond donors (Lipinski definition) is 0. The molecule has 260 valence electrons. The van der Waals surface area contributed by atoms with Crippen LogP contribution in [0.3, 0.4) is 0 Å². The average molecular weight is 691 g/mol. The van der Waals surface area contributed by atoms with Gasteiger partial charge in [-0.3, -0.25) is 28.9 Å². The lowest BCUT2D eigenvalue weighted by atomic mass is 9.95. The van der Waals surface area contributed by atoms with Gasteiger partial charge in [0.15, 0.2) is 0 Å².